The molecule has 1 aromatic rings. The summed E-state index contributed by atoms with van der Waals surface area (Å²) < 4.78 is 0. The van der Waals surface area contributed by atoms with Gasteiger partial charge in [-0.15, -0.1) is 0 Å². The van der Waals surface area contributed by atoms with E-state index in [2.05, 4.69) is 29.7 Å². The van der Waals surface area contributed by atoms with Crippen LogP contribution in [0.3, 0.4) is 0 Å². The Hall–Kier alpha value is -1.09. The van der Waals surface area contributed by atoms with E-state index in [-0.39, 0.29) is 0 Å². The van der Waals surface area contributed by atoms with Crippen molar-refractivity contribution in [3.05, 3.63) is 23.9 Å². The summed E-state index contributed by atoms with van der Waals surface area (Å²) in [5, 5.41) is 0. The van der Waals surface area contributed by atoms with Gasteiger partial charge in [0.1, 0.15) is 5.82 Å². The minimum absolute atomic E-state index is 0.410. The normalized spacial score (nSPS) is 10.3. The van der Waals surface area contributed by atoms with Gasteiger partial charge >= 0.3 is 0 Å². The summed E-state index contributed by atoms with van der Waals surface area (Å²) in [5.41, 5.74) is 7.31. The average molecular weight is 165 g/mol. The molecule has 0 atom stereocenters. The zero-order valence-electron chi connectivity index (χ0n) is 7.76. The average Bonchev–Trinajstić information content (AvgIpc) is 2.01. The Kier molecular flexibility index (Phi) is 3.05. The first-order chi connectivity index (χ1) is 5.68. The van der Waals surface area contributed by atoms with Crippen molar-refractivity contribution in [3.8, 4) is 0 Å². The number of hydrogen-bond donors (Lipinski definition) is 2. The van der Waals surface area contributed by atoms with Crippen LogP contribution in [0.4, 0.5) is 5.82 Å². The molecule has 66 valence electrons. The topological polar surface area (TPSA) is 37.0 Å². The number of nitrogens with one attached hydrogen (secondary N) is 2. The van der Waals surface area contributed by atoms with Crippen molar-refractivity contribution < 1.29 is 0 Å². The molecule has 0 aromatic carbocycles. The van der Waals surface area contributed by atoms with Crippen molar-refractivity contribution in [2.75, 3.05) is 5.43 Å². The van der Waals surface area contributed by atoms with Crippen LogP contribution in [0, 0.1) is 6.92 Å². The Morgan fingerprint density at radius 1 is 1.42 bits per heavy atom. The van der Waals surface area contributed by atoms with E-state index in [1.807, 2.05) is 19.1 Å². The van der Waals surface area contributed by atoms with E-state index in [0.29, 0.717) is 6.04 Å². The lowest BCUT2D eigenvalue weighted by Gasteiger charge is -2.10. The highest BCUT2D eigenvalue weighted by molar-refractivity contribution is 5.35. The Morgan fingerprint density at radius 3 is 2.75 bits per heavy atom. The molecule has 3 heteroatoms. The summed E-state index contributed by atoms with van der Waals surface area (Å²) in [6, 6.07) is 4.38. The Balaban J connectivity index is 2.52. The van der Waals surface area contributed by atoms with E-state index in [0.717, 1.165) is 5.82 Å². The van der Waals surface area contributed by atoms with Crippen LogP contribution in [-0.2, 0) is 0 Å². The maximum Gasteiger partial charge on any atom is 0.140 e. The zero-order valence-corrected chi connectivity index (χ0v) is 7.76. The minimum Gasteiger partial charge on any atom is -0.306 e. The predicted octanol–water partition coefficient (Wildman–Crippen LogP) is 1.71. The lowest BCUT2D eigenvalue weighted by molar-refractivity contribution is 0.656. The molecule has 0 fully saturated rings. The SMILES string of the molecule is Cc1ccnc(NNC(C)C)c1. The van der Waals surface area contributed by atoms with E-state index in [9.17, 15) is 0 Å². The van der Waals surface area contributed by atoms with Crippen molar-refractivity contribution in [2.24, 2.45) is 0 Å². The van der Waals surface area contributed by atoms with Crippen molar-refractivity contribution >= 4 is 5.82 Å². The number of hydrazine groups is 1. The van der Waals surface area contributed by atoms with Crippen molar-refractivity contribution in [3.63, 3.8) is 0 Å². The lowest BCUT2D eigenvalue weighted by atomic mass is 10.3. The van der Waals surface area contributed by atoms with Crippen LogP contribution in [-0.4, -0.2) is 11.0 Å². The van der Waals surface area contributed by atoms with Gasteiger partial charge in [-0.3, -0.25) is 0 Å². The van der Waals surface area contributed by atoms with Gasteiger partial charge in [0.15, 0.2) is 0 Å². The van der Waals surface area contributed by atoms with Crippen molar-refractivity contribution in [2.45, 2.75) is 26.8 Å². The summed E-state index contributed by atoms with van der Waals surface area (Å²) in [6.07, 6.45) is 1.79. The number of rotatable bonds is 3. The third kappa shape index (κ3) is 2.88. The molecule has 3 nitrogen and oxygen atoms in total. The molecule has 0 aliphatic carbocycles. The third-order valence-corrected chi connectivity index (χ3v) is 1.40. The molecule has 1 rings (SSSR count). The Labute approximate surface area is 73.2 Å². The van der Waals surface area contributed by atoms with E-state index in [1.54, 1.807) is 6.20 Å². The minimum atomic E-state index is 0.410. The van der Waals surface area contributed by atoms with E-state index in [1.165, 1.54) is 5.56 Å². The van der Waals surface area contributed by atoms with E-state index in [4.69, 9.17) is 0 Å². The standard InChI is InChI=1S/C9H15N3/c1-7(2)11-12-9-6-8(3)4-5-10-9/h4-7,11H,1-3H3,(H,10,12). The molecule has 0 amide bonds. The fourth-order valence-corrected chi connectivity index (χ4v) is 0.823. The molecule has 0 aliphatic heterocycles. The fourth-order valence-electron chi connectivity index (χ4n) is 0.823. The van der Waals surface area contributed by atoms with Crippen LogP contribution >= 0.6 is 0 Å². The molecule has 0 radical (unpaired) electrons. The molecule has 2 N–H and O–H groups in total. The van der Waals surface area contributed by atoms with Crippen LogP contribution in [0.2, 0.25) is 0 Å². The van der Waals surface area contributed by atoms with E-state index >= 15 is 0 Å². The van der Waals surface area contributed by atoms with Gasteiger partial charge < -0.3 is 5.43 Å². The van der Waals surface area contributed by atoms with Gasteiger partial charge in [-0.1, -0.05) is 0 Å². The van der Waals surface area contributed by atoms with Gasteiger partial charge in [0.2, 0.25) is 0 Å². The molecular formula is C9H15N3. The smallest absolute Gasteiger partial charge is 0.140 e. The molecule has 0 spiro atoms. The number of aromatic nitrogens is 1. The lowest BCUT2D eigenvalue weighted by Crippen LogP contribution is -2.29. The first-order valence-corrected chi connectivity index (χ1v) is 4.12. The second-order valence-electron chi connectivity index (χ2n) is 3.14. The molecule has 0 saturated heterocycles. The van der Waals surface area contributed by atoms with Gasteiger partial charge in [0, 0.05) is 12.2 Å². The predicted molar refractivity (Wildman–Crippen MR) is 50.9 cm³/mol. The number of pyridine rings is 1. The number of anilines is 1. The maximum atomic E-state index is 4.14. The zero-order chi connectivity index (χ0) is 8.97. The number of hydrogen-bond acceptors (Lipinski definition) is 3. The summed E-state index contributed by atoms with van der Waals surface area (Å²) in [4.78, 5) is 4.14. The highest BCUT2D eigenvalue weighted by Crippen LogP contribution is 2.03. The molecular weight excluding hydrogens is 150 g/mol. The van der Waals surface area contributed by atoms with Gasteiger partial charge in [0.25, 0.3) is 0 Å². The van der Waals surface area contributed by atoms with Crippen molar-refractivity contribution in [1.29, 1.82) is 0 Å². The largest absolute Gasteiger partial charge is 0.306 e. The van der Waals surface area contributed by atoms with Crippen LogP contribution in [0.1, 0.15) is 19.4 Å². The Bertz CT molecular complexity index is 245. The maximum absolute atomic E-state index is 4.14. The Morgan fingerprint density at radius 2 is 2.17 bits per heavy atom. The highest BCUT2D eigenvalue weighted by atomic mass is 15.4. The third-order valence-electron chi connectivity index (χ3n) is 1.40. The fraction of sp³-hybridized carbons (Fsp3) is 0.444. The molecule has 0 unspecified atom stereocenters. The quantitative estimate of drug-likeness (QED) is 0.669. The van der Waals surface area contributed by atoms with Gasteiger partial charge in [0.05, 0.1) is 0 Å². The number of aryl methyl sites for hydroxylation is 1. The monoisotopic (exact) mass is 165 g/mol. The van der Waals surface area contributed by atoms with Crippen LogP contribution in [0.15, 0.2) is 18.3 Å². The summed E-state index contributed by atoms with van der Waals surface area (Å²) in [7, 11) is 0. The summed E-state index contributed by atoms with van der Waals surface area (Å²) in [5.74, 6) is 0.865. The molecule has 12 heavy (non-hydrogen) atoms. The van der Waals surface area contributed by atoms with Gasteiger partial charge in [-0.2, -0.15) is 0 Å². The van der Waals surface area contributed by atoms with Crippen LogP contribution in [0.25, 0.3) is 0 Å². The summed E-state index contributed by atoms with van der Waals surface area (Å²) in [6.45, 7) is 6.19. The highest BCUT2D eigenvalue weighted by Gasteiger charge is 1.93. The molecule has 0 aliphatic rings. The van der Waals surface area contributed by atoms with E-state index < -0.39 is 0 Å². The van der Waals surface area contributed by atoms with Crippen LogP contribution < -0.4 is 10.9 Å². The first-order valence-electron chi connectivity index (χ1n) is 4.12. The number of nitrogens with zero attached hydrogens (tertiary/aromatic N) is 1. The van der Waals surface area contributed by atoms with Gasteiger partial charge in [-0.05, 0) is 38.5 Å². The molecule has 0 bridgehead atoms. The molecule has 1 aromatic heterocycles. The first kappa shape index (κ1) is 9.00. The van der Waals surface area contributed by atoms with Gasteiger partial charge in [-0.25, -0.2) is 10.4 Å². The summed E-state index contributed by atoms with van der Waals surface area (Å²) >= 11 is 0. The second kappa shape index (κ2) is 4.07. The van der Waals surface area contributed by atoms with Crippen LogP contribution in [0.5, 0.6) is 0 Å². The molecule has 0 saturated carbocycles. The van der Waals surface area contributed by atoms with Crippen molar-refractivity contribution in [1.82, 2.24) is 10.4 Å². The molecule has 1 heterocycles. The second-order valence-corrected chi connectivity index (χ2v) is 3.14.